The fourth-order valence-electron chi connectivity index (χ4n) is 3.15. The van der Waals surface area contributed by atoms with Crippen molar-refractivity contribution in [3.8, 4) is 11.5 Å². The molecule has 1 amide bonds. The number of rotatable bonds is 2. The van der Waals surface area contributed by atoms with E-state index in [1.807, 2.05) is 6.07 Å². The summed E-state index contributed by atoms with van der Waals surface area (Å²) in [6.07, 6.45) is 0. The summed E-state index contributed by atoms with van der Waals surface area (Å²) in [5.41, 5.74) is 1.33. The number of fused-ring (bicyclic) bond motifs is 1. The molecule has 2 aromatic rings. The van der Waals surface area contributed by atoms with Crippen LogP contribution in [0.15, 0.2) is 42.5 Å². The summed E-state index contributed by atoms with van der Waals surface area (Å²) in [6.45, 7) is 2.04. The van der Waals surface area contributed by atoms with Crippen molar-refractivity contribution >= 4 is 18.3 Å². The second kappa shape index (κ2) is 7.29. The monoisotopic (exact) mass is 364 g/mol. The lowest BCUT2D eigenvalue weighted by Crippen LogP contribution is -2.48. The van der Waals surface area contributed by atoms with Crippen LogP contribution in [0.2, 0.25) is 0 Å². The van der Waals surface area contributed by atoms with Gasteiger partial charge in [-0.2, -0.15) is 0 Å². The number of hydrogen-bond donors (Lipinski definition) is 1. The summed E-state index contributed by atoms with van der Waals surface area (Å²) >= 11 is 0. The molecule has 7 heteroatoms. The summed E-state index contributed by atoms with van der Waals surface area (Å²) in [5, 5.41) is 3.27. The number of hydrogen-bond acceptors (Lipinski definition) is 4. The molecule has 2 aliphatic rings. The molecule has 1 atom stereocenters. The molecule has 0 saturated carbocycles. The largest absolute Gasteiger partial charge is 0.454 e. The van der Waals surface area contributed by atoms with E-state index in [0.29, 0.717) is 36.7 Å². The van der Waals surface area contributed by atoms with Gasteiger partial charge in [0.15, 0.2) is 11.5 Å². The second-order valence-electron chi connectivity index (χ2n) is 5.84. The van der Waals surface area contributed by atoms with Gasteiger partial charge in [-0.05, 0) is 35.9 Å². The third-order valence-electron chi connectivity index (χ3n) is 4.36. The van der Waals surface area contributed by atoms with Crippen LogP contribution in [-0.4, -0.2) is 37.2 Å². The highest BCUT2D eigenvalue weighted by Gasteiger charge is 2.29. The van der Waals surface area contributed by atoms with Crippen molar-refractivity contribution in [1.82, 2.24) is 10.2 Å². The van der Waals surface area contributed by atoms with Gasteiger partial charge in [0, 0.05) is 25.2 Å². The van der Waals surface area contributed by atoms with Crippen LogP contribution in [0.1, 0.15) is 22.0 Å². The zero-order valence-corrected chi connectivity index (χ0v) is 14.2. The molecule has 4 rings (SSSR count). The van der Waals surface area contributed by atoms with Gasteiger partial charge in [-0.15, -0.1) is 12.4 Å². The van der Waals surface area contributed by atoms with Crippen molar-refractivity contribution in [2.45, 2.75) is 6.04 Å². The number of carbonyl (C=O) groups excluding carboxylic acids is 1. The topological polar surface area (TPSA) is 50.8 Å². The highest BCUT2D eigenvalue weighted by molar-refractivity contribution is 5.95. The number of halogens is 2. The van der Waals surface area contributed by atoms with E-state index in [-0.39, 0.29) is 37.0 Å². The Bertz CT molecular complexity index is 787. The van der Waals surface area contributed by atoms with E-state index in [2.05, 4.69) is 5.32 Å². The third kappa shape index (κ3) is 3.41. The summed E-state index contributed by atoms with van der Waals surface area (Å²) in [6, 6.07) is 11.4. The summed E-state index contributed by atoms with van der Waals surface area (Å²) in [7, 11) is 0. The molecule has 132 valence electrons. The number of carbonyl (C=O) groups is 1. The maximum Gasteiger partial charge on any atom is 0.254 e. The van der Waals surface area contributed by atoms with Gasteiger partial charge >= 0.3 is 0 Å². The van der Waals surface area contributed by atoms with Gasteiger partial charge in [0.05, 0.1) is 6.04 Å². The number of amides is 1. The molecule has 1 N–H and O–H groups in total. The minimum atomic E-state index is -0.298. The van der Waals surface area contributed by atoms with Crippen LogP contribution < -0.4 is 14.8 Å². The Labute approximate surface area is 151 Å². The fourth-order valence-corrected chi connectivity index (χ4v) is 3.15. The number of benzene rings is 2. The minimum absolute atomic E-state index is 0. The van der Waals surface area contributed by atoms with Crippen molar-refractivity contribution in [1.29, 1.82) is 0 Å². The predicted molar refractivity (Wildman–Crippen MR) is 92.9 cm³/mol. The summed E-state index contributed by atoms with van der Waals surface area (Å²) in [5.74, 6) is 0.837. The molecule has 0 spiro atoms. The van der Waals surface area contributed by atoms with E-state index < -0.39 is 0 Å². The first kappa shape index (κ1) is 17.5. The molecule has 2 heterocycles. The normalized spacial score (nSPS) is 18.6. The number of piperazine rings is 1. The SMILES string of the molecule is Cl.O=C(c1ccc2c(c1)OCO2)N1CCNCC1c1cccc(F)c1. The standard InChI is InChI=1S/C18H17FN2O3.ClH/c19-14-3-1-2-12(8-14)15-10-20-6-7-21(15)18(22)13-4-5-16-17(9-13)24-11-23-16;/h1-5,8-9,15,20H,6-7,10-11H2;1H. The predicted octanol–water partition coefficient (Wildman–Crippen LogP) is 2.76. The van der Waals surface area contributed by atoms with Gasteiger partial charge in [-0.3, -0.25) is 4.79 Å². The fraction of sp³-hybridized carbons (Fsp3) is 0.278. The van der Waals surface area contributed by atoms with E-state index >= 15 is 0 Å². The smallest absolute Gasteiger partial charge is 0.254 e. The molecular formula is C18H18ClFN2O3. The maximum atomic E-state index is 13.6. The lowest BCUT2D eigenvalue weighted by Gasteiger charge is -2.36. The van der Waals surface area contributed by atoms with Crippen molar-refractivity contribution in [3.05, 3.63) is 59.4 Å². The van der Waals surface area contributed by atoms with Gasteiger partial charge in [0.25, 0.3) is 5.91 Å². The van der Waals surface area contributed by atoms with Crippen molar-refractivity contribution in [3.63, 3.8) is 0 Å². The summed E-state index contributed by atoms with van der Waals surface area (Å²) < 4.78 is 24.2. The first-order valence-electron chi connectivity index (χ1n) is 7.89. The zero-order valence-electron chi connectivity index (χ0n) is 13.4. The van der Waals surface area contributed by atoms with Crippen LogP contribution in [0.3, 0.4) is 0 Å². The maximum absolute atomic E-state index is 13.6. The molecule has 1 saturated heterocycles. The van der Waals surface area contributed by atoms with Gasteiger partial charge in [-0.1, -0.05) is 12.1 Å². The van der Waals surface area contributed by atoms with E-state index in [9.17, 15) is 9.18 Å². The first-order valence-corrected chi connectivity index (χ1v) is 7.89. The lowest BCUT2D eigenvalue weighted by molar-refractivity contribution is 0.0633. The number of ether oxygens (including phenoxy) is 2. The Morgan fingerprint density at radius 1 is 1.16 bits per heavy atom. The average Bonchev–Trinajstić information content (AvgIpc) is 3.09. The molecule has 0 bridgehead atoms. The van der Waals surface area contributed by atoms with Crippen LogP contribution >= 0.6 is 12.4 Å². The molecular weight excluding hydrogens is 347 g/mol. The molecule has 0 aromatic heterocycles. The van der Waals surface area contributed by atoms with Crippen LogP contribution in [0, 0.1) is 5.82 Å². The highest BCUT2D eigenvalue weighted by Crippen LogP contribution is 2.33. The van der Waals surface area contributed by atoms with Crippen LogP contribution in [-0.2, 0) is 0 Å². The van der Waals surface area contributed by atoms with Gasteiger partial charge in [0.1, 0.15) is 5.82 Å². The van der Waals surface area contributed by atoms with Gasteiger partial charge in [0.2, 0.25) is 6.79 Å². The third-order valence-corrected chi connectivity index (χ3v) is 4.36. The minimum Gasteiger partial charge on any atom is -0.454 e. The molecule has 2 aliphatic heterocycles. The van der Waals surface area contributed by atoms with Crippen LogP contribution in [0.25, 0.3) is 0 Å². The van der Waals surface area contributed by atoms with Crippen molar-refractivity contribution in [2.75, 3.05) is 26.4 Å². The Morgan fingerprint density at radius 3 is 2.84 bits per heavy atom. The van der Waals surface area contributed by atoms with Crippen LogP contribution in [0.4, 0.5) is 4.39 Å². The lowest BCUT2D eigenvalue weighted by atomic mass is 10.0. The van der Waals surface area contributed by atoms with E-state index in [4.69, 9.17) is 9.47 Å². The average molecular weight is 365 g/mol. The molecule has 5 nitrogen and oxygen atoms in total. The first-order chi connectivity index (χ1) is 11.7. The van der Waals surface area contributed by atoms with Gasteiger partial charge < -0.3 is 19.7 Å². The molecule has 2 aromatic carbocycles. The molecule has 1 fully saturated rings. The highest BCUT2D eigenvalue weighted by atomic mass is 35.5. The van der Waals surface area contributed by atoms with E-state index in [0.717, 1.165) is 5.56 Å². The molecule has 0 aliphatic carbocycles. The zero-order chi connectivity index (χ0) is 16.5. The van der Waals surface area contributed by atoms with Crippen LogP contribution in [0.5, 0.6) is 11.5 Å². The summed E-state index contributed by atoms with van der Waals surface area (Å²) in [4.78, 5) is 14.8. The Morgan fingerprint density at radius 2 is 2.00 bits per heavy atom. The Balaban J connectivity index is 0.00000182. The van der Waals surface area contributed by atoms with E-state index in [1.54, 1.807) is 29.2 Å². The van der Waals surface area contributed by atoms with Crippen molar-refractivity contribution < 1.29 is 18.7 Å². The molecule has 1 unspecified atom stereocenters. The molecule has 0 radical (unpaired) electrons. The van der Waals surface area contributed by atoms with Gasteiger partial charge in [-0.25, -0.2) is 4.39 Å². The number of nitrogens with zero attached hydrogens (tertiary/aromatic N) is 1. The quantitative estimate of drug-likeness (QED) is 0.890. The van der Waals surface area contributed by atoms with Crippen molar-refractivity contribution in [2.24, 2.45) is 0 Å². The molecule has 25 heavy (non-hydrogen) atoms. The Hall–Kier alpha value is -2.31. The Kier molecular flexibility index (Phi) is 5.11. The second-order valence-corrected chi connectivity index (χ2v) is 5.84. The van der Waals surface area contributed by atoms with E-state index in [1.165, 1.54) is 12.1 Å². The number of nitrogens with one attached hydrogen (secondary N) is 1.